The number of aromatic hydroxyl groups is 1. The first-order chi connectivity index (χ1) is 6.07. The standard InChI is InChI=1S/C9H12FNO2.ClH/c1-5-2-3-6(7(11)4-12)9(13)8(5)10;/h2-3,7,12-13H,4,11H2,1H3;1H/t7-;/m0./s1. The summed E-state index contributed by atoms with van der Waals surface area (Å²) < 4.78 is 13.1. The number of halogens is 2. The van der Waals surface area contributed by atoms with E-state index in [2.05, 4.69) is 0 Å². The van der Waals surface area contributed by atoms with Crippen molar-refractivity contribution in [3.05, 3.63) is 29.1 Å². The van der Waals surface area contributed by atoms with Crippen LogP contribution in [0.15, 0.2) is 12.1 Å². The predicted octanol–water partition coefficient (Wildman–Crippen LogP) is 1.25. The minimum absolute atomic E-state index is 0. The van der Waals surface area contributed by atoms with Crippen molar-refractivity contribution in [2.45, 2.75) is 13.0 Å². The van der Waals surface area contributed by atoms with Crippen LogP contribution in [0, 0.1) is 12.7 Å². The summed E-state index contributed by atoms with van der Waals surface area (Å²) in [5, 5.41) is 18.0. The zero-order chi connectivity index (χ0) is 10.0. The summed E-state index contributed by atoms with van der Waals surface area (Å²) in [6.45, 7) is 1.22. The molecule has 0 bridgehead atoms. The Morgan fingerprint density at radius 2 is 2.07 bits per heavy atom. The van der Waals surface area contributed by atoms with Crippen molar-refractivity contribution in [2.24, 2.45) is 5.73 Å². The zero-order valence-electron chi connectivity index (χ0n) is 7.70. The maximum absolute atomic E-state index is 13.1. The summed E-state index contributed by atoms with van der Waals surface area (Å²) in [5.74, 6) is -1.15. The Morgan fingerprint density at radius 1 is 1.50 bits per heavy atom. The molecule has 0 spiro atoms. The lowest BCUT2D eigenvalue weighted by molar-refractivity contribution is 0.264. The largest absolute Gasteiger partial charge is 0.505 e. The highest BCUT2D eigenvalue weighted by molar-refractivity contribution is 5.85. The Morgan fingerprint density at radius 3 is 2.57 bits per heavy atom. The van der Waals surface area contributed by atoms with Gasteiger partial charge in [0.25, 0.3) is 0 Å². The highest BCUT2D eigenvalue weighted by Gasteiger charge is 2.14. The zero-order valence-corrected chi connectivity index (χ0v) is 8.51. The van der Waals surface area contributed by atoms with Crippen molar-refractivity contribution in [1.29, 1.82) is 0 Å². The molecule has 0 saturated heterocycles. The van der Waals surface area contributed by atoms with Crippen molar-refractivity contribution < 1.29 is 14.6 Å². The van der Waals surface area contributed by atoms with E-state index < -0.39 is 17.6 Å². The van der Waals surface area contributed by atoms with E-state index >= 15 is 0 Å². The molecule has 0 unspecified atom stereocenters. The van der Waals surface area contributed by atoms with Crippen molar-refractivity contribution in [3.63, 3.8) is 0 Å². The molecule has 0 aliphatic carbocycles. The molecule has 1 rings (SSSR count). The van der Waals surface area contributed by atoms with E-state index in [1.54, 1.807) is 6.92 Å². The van der Waals surface area contributed by atoms with Crippen LogP contribution >= 0.6 is 12.4 Å². The van der Waals surface area contributed by atoms with Crippen LogP contribution < -0.4 is 5.73 Å². The van der Waals surface area contributed by atoms with E-state index in [0.29, 0.717) is 5.56 Å². The van der Waals surface area contributed by atoms with Crippen molar-refractivity contribution in [3.8, 4) is 5.75 Å². The molecule has 4 N–H and O–H groups in total. The first-order valence-electron chi connectivity index (χ1n) is 3.92. The maximum atomic E-state index is 13.1. The number of phenols is 1. The summed E-state index contributed by atoms with van der Waals surface area (Å²) in [4.78, 5) is 0. The number of phenolic OH excluding ortho intramolecular Hbond substituents is 1. The average molecular weight is 222 g/mol. The monoisotopic (exact) mass is 221 g/mol. The number of hydrogen-bond acceptors (Lipinski definition) is 3. The number of aliphatic hydroxyl groups excluding tert-OH is 1. The molecule has 0 radical (unpaired) electrons. The SMILES string of the molecule is Cc1ccc([C@@H](N)CO)c(O)c1F.Cl. The molecule has 0 fully saturated rings. The number of aryl methyl sites for hydroxylation is 1. The number of aliphatic hydroxyl groups is 1. The molecule has 0 aliphatic heterocycles. The summed E-state index contributed by atoms with van der Waals surface area (Å²) in [5.41, 5.74) is 6.02. The molecule has 3 nitrogen and oxygen atoms in total. The third-order valence-corrected chi connectivity index (χ3v) is 1.94. The fraction of sp³-hybridized carbons (Fsp3) is 0.333. The van der Waals surface area contributed by atoms with E-state index in [1.165, 1.54) is 12.1 Å². The summed E-state index contributed by atoms with van der Waals surface area (Å²) in [7, 11) is 0. The number of rotatable bonds is 2. The van der Waals surface area contributed by atoms with Crippen LogP contribution in [0.2, 0.25) is 0 Å². The molecule has 5 heteroatoms. The molecule has 80 valence electrons. The number of nitrogens with two attached hydrogens (primary N) is 1. The van der Waals surface area contributed by atoms with Gasteiger partial charge in [0.2, 0.25) is 0 Å². The minimum atomic E-state index is -0.741. The van der Waals surface area contributed by atoms with Crippen LogP contribution in [-0.2, 0) is 0 Å². The first-order valence-corrected chi connectivity index (χ1v) is 3.92. The van der Waals surface area contributed by atoms with Crippen molar-refractivity contribution in [2.75, 3.05) is 6.61 Å². The van der Waals surface area contributed by atoms with Crippen LogP contribution in [0.25, 0.3) is 0 Å². The van der Waals surface area contributed by atoms with E-state index in [9.17, 15) is 9.50 Å². The fourth-order valence-corrected chi connectivity index (χ4v) is 1.08. The Hall–Kier alpha value is -0.840. The molecule has 0 saturated carbocycles. The second kappa shape index (κ2) is 5.14. The van der Waals surface area contributed by atoms with E-state index in [-0.39, 0.29) is 24.6 Å². The van der Waals surface area contributed by atoms with Crippen LogP contribution in [0.3, 0.4) is 0 Å². The summed E-state index contributed by atoms with van der Waals surface area (Å²) in [6, 6.07) is 2.28. The van der Waals surface area contributed by atoms with Crippen LogP contribution in [0.5, 0.6) is 5.75 Å². The van der Waals surface area contributed by atoms with Gasteiger partial charge in [-0.3, -0.25) is 0 Å². The molecule has 0 aliphatic rings. The van der Waals surface area contributed by atoms with Gasteiger partial charge in [0, 0.05) is 5.56 Å². The van der Waals surface area contributed by atoms with Gasteiger partial charge in [-0.1, -0.05) is 12.1 Å². The normalized spacial score (nSPS) is 12.0. The summed E-state index contributed by atoms with van der Waals surface area (Å²) in [6.07, 6.45) is 0. The fourth-order valence-electron chi connectivity index (χ4n) is 1.08. The lowest BCUT2D eigenvalue weighted by Gasteiger charge is -2.11. The quantitative estimate of drug-likeness (QED) is 0.704. The van der Waals surface area contributed by atoms with Crippen LogP contribution in [-0.4, -0.2) is 16.8 Å². The van der Waals surface area contributed by atoms with Crippen LogP contribution in [0.4, 0.5) is 4.39 Å². The molecule has 14 heavy (non-hydrogen) atoms. The lowest BCUT2D eigenvalue weighted by atomic mass is 10.0. The Kier molecular flexibility index (Phi) is 4.83. The van der Waals surface area contributed by atoms with E-state index in [4.69, 9.17) is 10.8 Å². The van der Waals surface area contributed by atoms with Crippen molar-refractivity contribution in [1.82, 2.24) is 0 Å². The topological polar surface area (TPSA) is 66.5 Å². The molecule has 0 heterocycles. The summed E-state index contributed by atoms with van der Waals surface area (Å²) >= 11 is 0. The second-order valence-corrected chi connectivity index (χ2v) is 2.92. The molecule has 0 aromatic heterocycles. The first kappa shape index (κ1) is 13.2. The second-order valence-electron chi connectivity index (χ2n) is 2.92. The Labute approximate surface area is 87.8 Å². The van der Waals surface area contributed by atoms with Gasteiger partial charge in [-0.05, 0) is 12.5 Å². The average Bonchev–Trinajstić information content (AvgIpc) is 2.13. The Balaban J connectivity index is 0.00000169. The van der Waals surface area contributed by atoms with Gasteiger partial charge >= 0.3 is 0 Å². The van der Waals surface area contributed by atoms with Crippen LogP contribution in [0.1, 0.15) is 17.2 Å². The highest BCUT2D eigenvalue weighted by Crippen LogP contribution is 2.27. The Bertz CT molecular complexity index is 320. The third-order valence-electron chi connectivity index (χ3n) is 1.94. The molecule has 1 aromatic carbocycles. The van der Waals surface area contributed by atoms with Gasteiger partial charge in [-0.2, -0.15) is 0 Å². The van der Waals surface area contributed by atoms with Gasteiger partial charge in [-0.25, -0.2) is 4.39 Å². The molecule has 1 atom stereocenters. The smallest absolute Gasteiger partial charge is 0.168 e. The number of benzene rings is 1. The molecule has 0 amide bonds. The molecular formula is C9H13ClFNO2. The minimum Gasteiger partial charge on any atom is -0.505 e. The maximum Gasteiger partial charge on any atom is 0.168 e. The van der Waals surface area contributed by atoms with E-state index in [1.807, 2.05) is 0 Å². The van der Waals surface area contributed by atoms with Gasteiger partial charge < -0.3 is 15.9 Å². The van der Waals surface area contributed by atoms with Crippen molar-refractivity contribution >= 4 is 12.4 Å². The lowest BCUT2D eigenvalue weighted by Crippen LogP contribution is -2.15. The number of hydrogen-bond donors (Lipinski definition) is 3. The highest BCUT2D eigenvalue weighted by atomic mass is 35.5. The molecule has 1 aromatic rings. The van der Waals surface area contributed by atoms with Gasteiger partial charge in [0.1, 0.15) is 0 Å². The van der Waals surface area contributed by atoms with Gasteiger partial charge in [0.15, 0.2) is 11.6 Å². The third kappa shape index (κ3) is 2.35. The van der Waals surface area contributed by atoms with Gasteiger partial charge in [-0.15, -0.1) is 12.4 Å². The molecular weight excluding hydrogens is 209 g/mol. The van der Waals surface area contributed by atoms with Gasteiger partial charge in [0.05, 0.1) is 12.6 Å². The predicted molar refractivity (Wildman–Crippen MR) is 54.1 cm³/mol. The van der Waals surface area contributed by atoms with E-state index in [0.717, 1.165) is 0 Å².